The molecule has 0 fully saturated rings. The van der Waals surface area contributed by atoms with Crippen LogP contribution in [0.4, 0.5) is 0 Å². The molecule has 0 bridgehead atoms. The summed E-state index contributed by atoms with van der Waals surface area (Å²) in [7, 11) is 1.23. The summed E-state index contributed by atoms with van der Waals surface area (Å²) in [6.07, 6.45) is 0. The van der Waals surface area contributed by atoms with E-state index in [4.69, 9.17) is 32.7 Å². The van der Waals surface area contributed by atoms with Gasteiger partial charge in [0.25, 0.3) is 0 Å². The molecule has 6 nitrogen and oxygen atoms in total. The first-order valence-electron chi connectivity index (χ1n) is 6.28. The number of hydrogen-bond acceptors (Lipinski definition) is 5. The van der Waals surface area contributed by atoms with Crippen LogP contribution in [-0.4, -0.2) is 35.4 Å². The molecule has 2 rings (SSSR count). The molecule has 0 atom stereocenters. The number of carbonyl (C=O) groups excluding carboxylic acids is 2. The lowest BCUT2D eigenvalue weighted by Gasteiger charge is -2.08. The van der Waals surface area contributed by atoms with Crippen LogP contribution in [0.2, 0.25) is 10.0 Å². The lowest BCUT2D eigenvalue weighted by Crippen LogP contribution is -2.11. The number of rotatable bonds is 4. The van der Waals surface area contributed by atoms with Crippen LogP contribution in [0, 0.1) is 0 Å². The van der Waals surface area contributed by atoms with E-state index in [2.05, 4.69) is 5.10 Å². The molecule has 0 saturated carbocycles. The van der Waals surface area contributed by atoms with Gasteiger partial charge in [-0.05, 0) is 25.1 Å². The first kappa shape index (κ1) is 16.3. The Morgan fingerprint density at radius 2 is 1.95 bits per heavy atom. The Morgan fingerprint density at radius 3 is 2.55 bits per heavy atom. The minimum absolute atomic E-state index is 0.0201. The molecule has 22 heavy (non-hydrogen) atoms. The highest BCUT2D eigenvalue weighted by atomic mass is 35.5. The predicted octanol–water partition coefficient (Wildman–Crippen LogP) is 3.14. The molecule has 0 saturated heterocycles. The van der Waals surface area contributed by atoms with Gasteiger partial charge in [-0.15, -0.1) is 0 Å². The van der Waals surface area contributed by atoms with E-state index in [1.54, 1.807) is 19.1 Å². The van der Waals surface area contributed by atoms with Crippen molar-refractivity contribution in [3.05, 3.63) is 45.7 Å². The summed E-state index contributed by atoms with van der Waals surface area (Å²) in [4.78, 5) is 23.7. The van der Waals surface area contributed by atoms with Crippen LogP contribution in [0.5, 0.6) is 0 Å². The molecular formula is C14H12Cl2N2O4. The van der Waals surface area contributed by atoms with Crippen molar-refractivity contribution in [2.24, 2.45) is 0 Å². The van der Waals surface area contributed by atoms with Gasteiger partial charge in [-0.3, -0.25) is 0 Å². The third kappa shape index (κ3) is 3.23. The van der Waals surface area contributed by atoms with Crippen molar-refractivity contribution in [2.45, 2.75) is 6.92 Å². The van der Waals surface area contributed by atoms with E-state index in [1.165, 1.54) is 23.9 Å². The Bertz CT molecular complexity index is 728. The van der Waals surface area contributed by atoms with Crippen molar-refractivity contribution >= 4 is 35.1 Å². The lowest BCUT2D eigenvalue weighted by atomic mass is 10.3. The van der Waals surface area contributed by atoms with E-state index in [9.17, 15) is 9.59 Å². The van der Waals surface area contributed by atoms with Crippen LogP contribution in [0.3, 0.4) is 0 Å². The highest BCUT2D eigenvalue weighted by molar-refractivity contribution is 6.35. The summed E-state index contributed by atoms with van der Waals surface area (Å²) in [5, 5.41) is 4.78. The zero-order valence-corrected chi connectivity index (χ0v) is 13.3. The average Bonchev–Trinajstić information content (AvgIpc) is 2.91. The van der Waals surface area contributed by atoms with Crippen LogP contribution < -0.4 is 0 Å². The Balaban J connectivity index is 2.57. The summed E-state index contributed by atoms with van der Waals surface area (Å²) < 4.78 is 10.8. The van der Waals surface area contributed by atoms with Crippen molar-refractivity contribution < 1.29 is 19.1 Å². The van der Waals surface area contributed by atoms with Gasteiger partial charge < -0.3 is 9.47 Å². The van der Waals surface area contributed by atoms with Gasteiger partial charge in [0.2, 0.25) is 0 Å². The maximum atomic E-state index is 11.9. The smallest absolute Gasteiger partial charge is 0.358 e. The van der Waals surface area contributed by atoms with E-state index >= 15 is 0 Å². The number of methoxy groups -OCH3 is 1. The summed E-state index contributed by atoms with van der Waals surface area (Å²) >= 11 is 12.0. The third-order valence-corrected chi connectivity index (χ3v) is 3.26. The van der Waals surface area contributed by atoms with Gasteiger partial charge in [-0.1, -0.05) is 23.2 Å². The zero-order valence-electron chi connectivity index (χ0n) is 11.8. The molecule has 0 aliphatic rings. The Labute approximate surface area is 136 Å². The van der Waals surface area contributed by atoms with E-state index in [1.807, 2.05) is 0 Å². The molecule has 2 aromatic rings. The molecule has 0 aliphatic carbocycles. The minimum atomic E-state index is -0.658. The summed E-state index contributed by atoms with van der Waals surface area (Å²) in [6.45, 7) is 1.87. The number of benzene rings is 1. The van der Waals surface area contributed by atoms with Crippen LogP contribution in [0.25, 0.3) is 5.69 Å². The topological polar surface area (TPSA) is 70.4 Å². The largest absolute Gasteiger partial charge is 0.464 e. The van der Waals surface area contributed by atoms with Gasteiger partial charge in [-0.25, -0.2) is 14.3 Å². The maximum absolute atomic E-state index is 11.9. The van der Waals surface area contributed by atoms with Crippen molar-refractivity contribution in [3.63, 3.8) is 0 Å². The van der Waals surface area contributed by atoms with Crippen LogP contribution >= 0.6 is 23.2 Å². The minimum Gasteiger partial charge on any atom is -0.464 e. The second-order valence-electron chi connectivity index (χ2n) is 4.13. The van der Waals surface area contributed by atoms with E-state index in [0.717, 1.165) is 0 Å². The molecular weight excluding hydrogens is 331 g/mol. The molecule has 1 aromatic heterocycles. The van der Waals surface area contributed by atoms with E-state index in [0.29, 0.717) is 10.7 Å². The Kier molecular flexibility index (Phi) is 5.05. The SMILES string of the molecule is CCOC(=O)c1cc(C(=O)OC)n(-c2ccc(Cl)cc2Cl)n1. The molecule has 0 radical (unpaired) electrons. The lowest BCUT2D eigenvalue weighted by molar-refractivity contribution is 0.0518. The molecule has 8 heteroatoms. The van der Waals surface area contributed by atoms with Gasteiger partial charge in [0.05, 0.1) is 24.4 Å². The molecule has 0 amide bonds. The predicted molar refractivity (Wildman–Crippen MR) is 80.9 cm³/mol. The molecule has 0 spiro atoms. The van der Waals surface area contributed by atoms with E-state index < -0.39 is 11.9 Å². The molecule has 1 aromatic carbocycles. The summed E-state index contributed by atoms with van der Waals surface area (Å²) in [5.41, 5.74) is 0.421. The van der Waals surface area contributed by atoms with Gasteiger partial charge >= 0.3 is 11.9 Å². The van der Waals surface area contributed by atoms with Gasteiger partial charge in [-0.2, -0.15) is 5.10 Å². The average molecular weight is 343 g/mol. The van der Waals surface area contributed by atoms with Gasteiger partial charge in [0, 0.05) is 11.1 Å². The fraction of sp³-hybridized carbons (Fsp3) is 0.214. The van der Waals surface area contributed by atoms with Crippen molar-refractivity contribution in [1.82, 2.24) is 9.78 Å². The number of esters is 2. The molecule has 116 valence electrons. The number of hydrogen-bond donors (Lipinski definition) is 0. The maximum Gasteiger partial charge on any atom is 0.358 e. The van der Waals surface area contributed by atoms with Crippen LogP contribution in [0.15, 0.2) is 24.3 Å². The fourth-order valence-electron chi connectivity index (χ4n) is 1.77. The number of ether oxygens (including phenoxy) is 2. The summed E-state index contributed by atoms with van der Waals surface area (Å²) in [6, 6.07) is 5.97. The number of nitrogens with zero attached hydrogens (tertiary/aromatic N) is 2. The first-order valence-corrected chi connectivity index (χ1v) is 7.04. The number of halogens is 2. The standard InChI is InChI=1S/C14H12Cl2N2O4/c1-3-22-13(19)10-7-12(14(20)21-2)18(17-10)11-5-4-8(15)6-9(11)16/h4-7H,3H2,1-2H3. The zero-order chi connectivity index (χ0) is 16.3. The Hall–Kier alpha value is -2.05. The quantitative estimate of drug-likeness (QED) is 0.798. The molecule has 0 unspecified atom stereocenters. The highest BCUT2D eigenvalue weighted by Gasteiger charge is 2.22. The van der Waals surface area contributed by atoms with Crippen molar-refractivity contribution in [2.75, 3.05) is 13.7 Å². The second kappa shape index (κ2) is 6.81. The van der Waals surface area contributed by atoms with Crippen LogP contribution in [0.1, 0.15) is 27.9 Å². The van der Waals surface area contributed by atoms with Crippen LogP contribution in [-0.2, 0) is 9.47 Å². The molecule has 0 aliphatic heterocycles. The third-order valence-electron chi connectivity index (χ3n) is 2.73. The van der Waals surface area contributed by atoms with Gasteiger partial charge in [0.15, 0.2) is 11.4 Å². The first-order chi connectivity index (χ1) is 10.5. The Morgan fingerprint density at radius 1 is 1.23 bits per heavy atom. The van der Waals surface area contributed by atoms with Gasteiger partial charge in [0.1, 0.15) is 0 Å². The normalized spacial score (nSPS) is 10.4. The molecule has 0 N–H and O–H groups in total. The fourth-order valence-corrected chi connectivity index (χ4v) is 2.26. The van der Waals surface area contributed by atoms with Crippen molar-refractivity contribution in [3.8, 4) is 5.69 Å². The second-order valence-corrected chi connectivity index (χ2v) is 4.98. The number of carbonyl (C=O) groups is 2. The van der Waals surface area contributed by atoms with E-state index in [-0.39, 0.29) is 23.0 Å². The van der Waals surface area contributed by atoms with Crippen molar-refractivity contribution in [1.29, 1.82) is 0 Å². The molecule has 1 heterocycles. The summed E-state index contributed by atoms with van der Waals surface area (Å²) in [5.74, 6) is -1.30. The monoisotopic (exact) mass is 342 g/mol. The highest BCUT2D eigenvalue weighted by Crippen LogP contribution is 2.26. The number of aromatic nitrogens is 2.